The first kappa shape index (κ1) is 23.7. The number of nitrogens with zero attached hydrogens (tertiary/aromatic N) is 2. The van der Waals surface area contributed by atoms with Gasteiger partial charge in [0.1, 0.15) is 0 Å². The SMILES string of the molecule is c1ccc(-c2cccc(-n3c4ccccc4c4c(-c5cccc6c5c5cccc7c8ccccc8n6c75)cccc43)c2)cc1. The molecule has 2 nitrogen and oxygen atoms in total. The maximum Gasteiger partial charge on any atom is 0.0620 e. The molecule has 0 aliphatic rings. The molecule has 0 amide bonds. The summed E-state index contributed by atoms with van der Waals surface area (Å²) in [7, 11) is 0. The highest BCUT2D eigenvalue weighted by Gasteiger charge is 2.22. The first-order valence-electron chi connectivity index (χ1n) is 15.2. The zero-order valence-corrected chi connectivity index (χ0v) is 23.9. The van der Waals surface area contributed by atoms with Crippen molar-refractivity contribution in [2.45, 2.75) is 0 Å². The van der Waals surface area contributed by atoms with E-state index in [1.807, 2.05) is 0 Å². The summed E-state index contributed by atoms with van der Waals surface area (Å²) in [5.74, 6) is 0. The van der Waals surface area contributed by atoms with Gasteiger partial charge in [-0.25, -0.2) is 0 Å². The molecule has 0 spiro atoms. The molecule has 0 N–H and O–H groups in total. The second-order valence-electron chi connectivity index (χ2n) is 11.7. The van der Waals surface area contributed by atoms with Crippen LogP contribution in [0, 0.1) is 0 Å². The molecule has 7 aromatic carbocycles. The van der Waals surface area contributed by atoms with Crippen LogP contribution < -0.4 is 0 Å². The Morgan fingerprint density at radius 1 is 0.341 bits per heavy atom. The highest BCUT2D eigenvalue weighted by Crippen LogP contribution is 2.45. The lowest BCUT2D eigenvalue weighted by molar-refractivity contribution is 1.18. The van der Waals surface area contributed by atoms with Crippen LogP contribution in [0.25, 0.3) is 87.8 Å². The van der Waals surface area contributed by atoms with Crippen LogP contribution in [-0.4, -0.2) is 8.97 Å². The first-order chi connectivity index (χ1) is 21.9. The Bertz CT molecular complexity index is 2710. The molecule has 44 heavy (non-hydrogen) atoms. The molecule has 3 aromatic heterocycles. The lowest BCUT2D eigenvalue weighted by Gasteiger charge is -2.11. The molecule has 0 aliphatic carbocycles. The number of hydrogen-bond donors (Lipinski definition) is 0. The Hall–Kier alpha value is -5.86. The van der Waals surface area contributed by atoms with Gasteiger partial charge in [-0.05, 0) is 58.7 Å². The zero-order chi connectivity index (χ0) is 28.8. The summed E-state index contributed by atoms with van der Waals surface area (Å²) in [6.07, 6.45) is 0. The highest BCUT2D eigenvalue weighted by molar-refractivity contribution is 6.27. The molecule has 0 fully saturated rings. The Morgan fingerprint density at radius 3 is 1.75 bits per heavy atom. The zero-order valence-electron chi connectivity index (χ0n) is 23.9. The van der Waals surface area contributed by atoms with Gasteiger partial charge >= 0.3 is 0 Å². The predicted molar refractivity (Wildman–Crippen MR) is 186 cm³/mol. The molecular formula is C42H26N2. The molecular weight excluding hydrogens is 532 g/mol. The molecule has 0 saturated carbocycles. The van der Waals surface area contributed by atoms with Gasteiger partial charge in [0, 0.05) is 38.0 Å². The molecule has 10 aromatic rings. The van der Waals surface area contributed by atoms with E-state index in [2.05, 4.69) is 167 Å². The van der Waals surface area contributed by atoms with Gasteiger partial charge in [-0.1, -0.05) is 121 Å². The largest absolute Gasteiger partial charge is 0.309 e. The summed E-state index contributed by atoms with van der Waals surface area (Å²) in [6, 6.07) is 57.6. The van der Waals surface area contributed by atoms with E-state index in [0.29, 0.717) is 0 Å². The average molecular weight is 559 g/mol. The average Bonchev–Trinajstić information content (AvgIpc) is 3.74. The summed E-state index contributed by atoms with van der Waals surface area (Å²) in [4.78, 5) is 0. The molecule has 0 bridgehead atoms. The van der Waals surface area contributed by atoms with Crippen LogP contribution >= 0.6 is 0 Å². The monoisotopic (exact) mass is 558 g/mol. The minimum absolute atomic E-state index is 1.17. The predicted octanol–water partition coefficient (Wildman–Crippen LogP) is 11.3. The lowest BCUT2D eigenvalue weighted by Crippen LogP contribution is -1.94. The molecule has 0 atom stereocenters. The van der Waals surface area contributed by atoms with E-state index in [9.17, 15) is 0 Å². The van der Waals surface area contributed by atoms with Crippen molar-refractivity contribution in [2.75, 3.05) is 0 Å². The van der Waals surface area contributed by atoms with Crippen molar-refractivity contribution < 1.29 is 0 Å². The van der Waals surface area contributed by atoms with E-state index in [-0.39, 0.29) is 0 Å². The van der Waals surface area contributed by atoms with Gasteiger partial charge in [0.25, 0.3) is 0 Å². The van der Waals surface area contributed by atoms with Crippen molar-refractivity contribution in [3.8, 4) is 27.9 Å². The Balaban J connectivity index is 1.30. The summed E-state index contributed by atoms with van der Waals surface area (Å²) < 4.78 is 4.90. The fourth-order valence-electron chi connectivity index (χ4n) is 7.68. The molecule has 10 rings (SSSR count). The standard InChI is InChI=1S/C42H26N2/c1-2-12-27(13-3-1)28-14-8-15-29(26-28)43-37-23-7-5-17-34(37)40-31(18-10-24-38(40)43)32-19-11-25-39-41(32)35-21-9-20-33-30-16-4-6-22-36(30)44(39)42(33)35/h1-26H. The van der Waals surface area contributed by atoms with Crippen LogP contribution in [0.4, 0.5) is 0 Å². The number of hydrogen-bond acceptors (Lipinski definition) is 0. The van der Waals surface area contributed by atoms with Crippen molar-refractivity contribution in [3.63, 3.8) is 0 Å². The fraction of sp³-hybridized carbons (Fsp3) is 0. The van der Waals surface area contributed by atoms with E-state index in [0.717, 1.165) is 0 Å². The van der Waals surface area contributed by atoms with Crippen LogP contribution in [0.15, 0.2) is 158 Å². The van der Waals surface area contributed by atoms with Gasteiger partial charge in [-0.15, -0.1) is 0 Å². The first-order valence-corrected chi connectivity index (χ1v) is 15.2. The minimum atomic E-state index is 1.17. The van der Waals surface area contributed by atoms with Crippen molar-refractivity contribution in [3.05, 3.63) is 158 Å². The van der Waals surface area contributed by atoms with Crippen molar-refractivity contribution in [1.29, 1.82) is 0 Å². The Morgan fingerprint density at radius 2 is 0.909 bits per heavy atom. The van der Waals surface area contributed by atoms with Gasteiger partial charge in [-0.3, -0.25) is 0 Å². The van der Waals surface area contributed by atoms with Crippen molar-refractivity contribution in [2.24, 2.45) is 0 Å². The summed E-state index contributed by atoms with van der Waals surface area (Å²) in [6.45, 7) is 0. The molecule has 2 heteroatoms. The number of benzene rings is 7. The maximum absolute atomic E-state index is 2.47. The van der Waals surface area contributed by atoms with Crippen molar-refractivity contribution >= 4 is 59.9 Å². The minimum Gasteiger partial charge on any atom is -0.309 e. The summed E-state index contributed by atoms with van der Waals surface area (Å²) >= 11 is 0. The quantitative estimate of drug-likeness (QED) is 0.204. The highest BCUT2D eigenvalue weighted by atomic mass is 15.0. The van der Waals surface area contributed by atoms with Gasteiger partial charge in [-0.2, -0.15) is 0 Å². The van der Waals surface area contributed by atoms with Crippen LogP contribution in [-0.2, 0) is 0 Å². The van der Waals surface area contributed by atoms with Gasteiger partial charge in [0.2, 0.25) is 0 Å². The van der Waals surface area contributed by atoms with Crippen LogP contribution in [0.3, 0.4) is 0 Å². The second-order valence-corrected chi connectivity index (χ2v) is 11.7. The number of para-hydroxylation sites is 3. The topological polar surface area (TPSA) is 9.34 Å². The molecule has 0 saturated heterocycles. The third-order valence-electron chi connectivity index (χ3n) is 9.45. The van der Waals surface area contributed by atoms with Gasteiger partial charge in [0.15, 0.2) is 0 Å². The van der Waals surface area contributed by atoms with Crippen LogP contribution in [0.1, 0.15) is 0 Å². The van der Waals surface area contributed by atoms with E-state index in [4.69, 9.17) is 0 Å². The molecule has 0 radical (unpaired) electrons. The second kappa shape index (κ2) is 8.82. The third-order valence-corrected chi connectivity index (χ3v) is 9.45. The van der Waals surface area contributed by atoms with Crippen LogP contribution in [0.2, 0.25) is 0 Å². The third kappa shape index (κ3) is 3.09. The molecule has 3 heterocycles. The Kier molecular flexibility index (Phi) is 4.75. The van der Waals surface area contributed by atoms with E-state index >= 15 is 0 Å². The molecule has 0 unspecified atom stereocenters. The van der Waals surface area contributed by atoms with E-state index in [1.165, 1.54) is 87.8 Å². The number of aromatic nitrogens is 2. The molecule has 0 aliphatic heterocycles. The van der Waals surface area contributed by atoms with Crippen LogP contribution in [0.5, 0.6) is 0 Å². The van der Waals surface area contributed by atoms with Crippen molar-refractivity contribution in [1.82, 2.24) is 8.97 Å². The number of rotatable bonds is 3. The smallest absolute Gasteiger partial charge is 0.0620 e. The summed E-state index contributed by atoms with van der Waals surface area (Å²) in [5.41, 5.74) is 12.4. The van der Waals surface area contributed by atoms with Gasteiger partial charge < -0.3 is 8.97 Å². The van der Waals surface area contributed by atoms with E-state index in [1.54, 1.807) is 0 Å². The van der Waals surface area contributed by atoms with Gasteiger partial charge in [0.05, 0.1) is 27.6 Å². The molecule has 204 valence electrons. The Labute approximate surface area is 254 Å². The normalized spacial score (nSPS) is 12.1. The summed E-state index contributed by atoms with van der Waals surface area (Å²) in [5, 5.41) is 7.80. The maximum atomic E-state index is 2.47. The lowest BCUT2D eigenvalue weighted by atomic mass is 9.95. The fourth-order valence-corrected chi connectivity index (χ4v) is 7.68. The number of fused-ring (bicyclic) bond motifs is 9. The van der Waals surface area contributed by atoms with E-state index < -0.39 is 0 Å².